The number of ether oxygens (including phenoxy) is 1. The molecule has 0 amide bonds. The molecule has 4 heteroatoms. The largest absolute Gasteiger partial charge is 0.477 e. The van der Waals surface area contributed by atoms with Crippen LogP contribution in [0.25, 0.3) is 0 Å². The topological polar surface area (TPSA) is 37.9 Å². The van der Waals surface area contributed by atoms with Gasteiger partial charge in [-0.05, 0) is 22.9 Å². The molecule has 0 fully saturated rings. The Bertz CT molecular complexity index is 187. The van der Waals surface area contributed by atoms with E-state index in [0.717, 1.165) is 4.60 Å². The van der Waals surface area contributed by atoms with E-state index in [1.807, 2.05) is 6.92 Å². The number of halogens is 1. The van der Waals surface area contributed by atoms with E-state index in [2.05, 4.69) is 26.1 Å². The SMILES string of the molecule is CCOc1cc(Br)[nH]n1. The van der Waals surface area contributed by atoms with Crippen LogP contribution in [0.4, 0.5) is 0 Å². The van der Waals surface area contributed by atoms with Crippen LogP contribution in [0.5, 0.6) is 5.88 Å². The van der Waals surface area contributed by atoms with Crippen molar-refractivity contribution in [2.45, 2.75) is 6.92 Å². The van der Waals surface area contributed by atoms with E-state index in [9.17, 15) is 0 Å². The zero-order valence-electron chi connectivity index (χ0n) is 5.02. The van der Waals surface area contributed by atoms with Gasteiger partial charge in [-0.3, -0.25) is 5.10 Å². The van der Waals surface area contributed by atoms with Gasteiger partial charge in [0.05, 0.1) is 6.61 Å². The lowest BCUT2D eigenvalue weighted by atomic mass is 10.7. The fourth-order valence-electron chi connectivity index (χ4n) is 0.503. The lowest BCUT2D eigenvalue weighted by Crippen LogP contribution is -1.90. The molecule has 0 aromatic carbocycles. The number of aromatic amines is 1. The van der Waals surface area contributed by atoms with Crippen molar-refractivity contribution in [2.75, 3.05) is 6.61 Å². The summed E-state index contributed by atoms with van der Waals surface area (Å²) in [7, 11) is 0. The highest BCUT2D eigenvalue weighted by Crippen LogP contribution is 2.12. The van der Waals surface area contributed by atoms with Gasteiger partial charge in [0, 0.05) is 6.07 Å². The molecule has 1 N–H and O–H groups in total. The monoisotopic (exact) mass is 190 g/mol. The van der Waals surface area contributed by atoms with Crippen LogP contribution in [0.2, 0.25) is 0 Å². The Hall–Kier alpha value is -0.510. The summed E-state index contributed by atoms with van der Waals surface area (Å²) in [6, 6.07) is 1.78. The first-order chi connectivity index (χ1) is 4.33. The Balaban J connectivity index is 2.61. The summed E-state index contributed by atoms with van der Waals surface area (Å²) in [5, 5.41) is 6.51. The first-order valence-corrected chi connectivity index (χ1v) is 3.46. The van der Waals surface area contributed by atoms with Crippen molar-refractivity contribution in [3.8, 4) is 5.88 Å². The van der Waals surface area contributed by atoms with Crippen LogP contribution in [0.3, 0.4) is 0 Å². The molecule has 0 aliphatic carbocycles. The maximum atomic E-state index is 5.05. The Morgan fingerprint density at radius 3 is 3.11 bits per heavy atom. The predicted molar refractivity (Wildman–Crippen MR) is 37.5 cm³/mol. The third-order valence-electron chi connectivity index (χ3n) is 0.815. The van der Waals surface area contributed by atoms with Gasteiger partial charge in [-0.15, -0.1) is 5.10 Å². The van der Waals surface area contributed by atoms with E-state index in [4.69, 9.17) is 4.74 Å². The molecule has 9 heavy (non-hydrogen) atoms. The molecule has 0 atom stereocenters. The second kappa shape index (κ2) is 2.87. The van der Waals surface area contributed by atoms with Crippen LogP contribution < -0.4 is 4.74 Å². The summed E-state index contributed by atoms with van der Waals surface area (Å²) in [6.07, 6.45) is 0. The van der Waals surface area contributed by atoms with Gasteiger partial charge < -0.3 is 4.74 Å². The first-order valence-electron chi connectivity index (χ1n) is 2.66. The Morgan fingerprint density at radius 2 is 2.67 bits per heavy atom. The molecule has 3 nitrogen and oxygen atoms in total. The van der Waals surface area contributed by atoms with Gasteiger partial charge in [0.2, 0.25) is 5.88 Å². The molecule has 0 saturated heterocycles. The highest BCUT2D eigenvalue weighted by molar-refractivity contribution is 9.10. The number of nitrogens with one attached hydrogen (secondary N) is 1. The van der Waals surface area contributed by atoms with Gasteiger partial charge in [0.25, 0.3) is 0 Å². The molecule has 1 aromatic heterocycles. The van der Waals surface area contributed by atoms with E-state index < -0.39 is 0 Å². The van der Waals surface area contributed by atoms with Crippen molar-refractivity contribution in [3.63, 3.8) is 0 Å². The van der Waals surface area contributed by atoms with Gasteiger partial charge in [-0.25, -0.2) is 0 Å². The molecule has 0 spiro atoms. The fourth-order valence-corrected chi connectivity index (χ4v) is 0.788. The molecule has 0 bridgehead atoms. The molecule has 0 saturated carbocycles. The minimum Gasteiger partial charge on any atom is -0.477 e. The second-order valence-corrected chi connectivity index (χ2v) is 2.34. The molecule has 1 rings (SSSR count). The average Bonchev–Trinajstić information content (AvgIpc) is 2.17. The summed E-state index contributed by atoms with van der Waals surface area (Å²) in [4.78, 5) is 0. The standard InChI is InChI=1S/C5H7BrN2O/c1-2-9-5-3-4(6)7-8-5/h3H,2H2,1H3,(H,7,8). The van der Waals surface area contributed by atoms with Crippen LogP contribution in [0.1, 0.15) is 6.92 Å². The van der Waals surface area contributed by atoms with Crippen molar-refractivity contribution in [1.29, 1.82) is 0 Å². The highest BCUT2D eigenvalue weighted by atomic mass is 79.9. The summed E-state index contributed by atoms with van der Waals surface area (Å²) in [6.45, 7) is 2.57. The predicted octanol–water partition coefficient (Wildman–Crippen LogP) is 1.57. The van der Waals surface area contributed by atoms with Crippen LogP contribution in [-0.2, 0) is 0 Å². The van der Waals surface area contributed by atoms with Crippen molar-refractivity contribution < 1.29 is 4.74 Å². The highest BCUT2D eigenvalue weighted by Gasteiger charge is 1.94. The Labute approximate surface area is 61.5 Å². The Kier molecular flexibility index (Phi) is 2.10. The molecule has 1 heterocycles. The minimum atomic E-state index is 0.629. The second-order valence-electron chi connectivity index (χ2n) is 1.49. The molecule has 0 unspecified atom stereocenters. The van der Waals surface area contributed by atoms with Crippen molar-refractivity contribution in [3.05, 3.63) is 10.7 Å². The summed E-state index contributed by atoms with van der Waals surface area (Å²) in [5.41, 5.74) is 0. The zero-order valence-corrected chi connectivity index (χ0v) is 6.60. The summed E-state index contributed by atoms with van der Waals surface area (Å²) >= 11 is 3.20. The van der Waals surface area contributed by atoms with Gasteiger partial charge in [0.1, 0.15) is 4.60 Å². The molecule has 50 valence electrons. The van der Waals surface area contributed by atoms with Gasteiger partial charge >= 0.3 is 0 Å². The summed E-state index contributed by atoms with van der Waals surface area (Å²) in [5.74, 6) is 0.629. The van der Waals surface area contributed by atoms with Crippen molar-refractivity contribution >= 4 is 15.9 Å². The van der Waals surface area contributed by atoms with Crippen LogP contribution in [0, 0.1) is 0 Å². The van der Waals surface area contributed by atoms with E-state index in [0.29, 0.717) is 12.5 Å². The maximum Gasteiger partial charge on any atom is 0.233 e. The molecular formula is C5H7BrN2O. The maximum absolute atomic E-state index is 5.05. The van der Waals surface area contributed by atoms with Crippen molar-refractivity contribution in [1.82, 2.24) is 10.2 Å². The molecular weight excluding hydrogens is 184 g/mol. The van der Waals surface area contributed by atoms with E-state index >= 15 is 0 Å². The zero-order chi connectivity index (χ0) is 6.69. The van der Waals surface area contributed by atoms with Gasteiger partial charge in [-0.2, -0.15) is 0 Å². The third-order valence-corrected chi connectivity index (χ3v) is 1.22. The Morgan fingerprint density at radius 1 is 1.89 bits per heavy atom. The average molecular weight is 191 g/mol. The van der Waals surface area contributed by atoms with E-state index in [-0.39, 0.29) is 0 Å². The quantitative estimate of drug-likeness (QED) is 0.770. The smallest absolute Gasteiger partial charge is 0.233 e. The number of aromatic nitrogens is 2. The molecule has 0 aliphatic rings. The summed E-state index contributed by atoms with van der Waals surface area (Å²) < 4.78 is 5.89. The number of hydrogen-bond donors (Lipinski definition) is 1. The van der Waals surface area contributed by atoms with Gasteiger partial charge in [-0.1, -0.05) is 0 Å². The molecule has 0 radical (unpaired) electrons. The third kappa shape index (κ3) is 1.71. The van der Waals surface area contributed by atoms with Crippen molar-refractivity contribution in [2.24, 2.45) is 0 Å². The minimum absolute atomic E-state index is 0.629. The lowest BCUT2D eigenvalue weighted by Gasteiger charge is -1.92. The van der Waals surface area contributed by atoms with Gasteiger partial charge in [0.15, 0.2) is 0 Å². The number of hydrogen-bond acceptors (Lipinski definition) is 2. The number of rotatable bonds is 2. The normalized spacial score (nSPS) is 9.56. The number of H-pyrrole nitrogens is 1. The fraction of sp³-hybridized carbons (Fsp3) is 0.400. The van der Waals surface area contributed by atoms with E-state index in [1.165, 1.54) is 0 Å². The lowest BCUT2D eigenvalue weighted by molar-refractivity contribution is 0.326. The van der Waals surface area contributed by atoms with Crippen LogP contribution >= 0.6 is 15.9 Å². The molecule has 1 aromatic rings. The van der Waals surface area contributed by atoms with Crippen LogP contribution in [0.15, 0.2) is 10.7 Å². The molecule has 0 aliphatic heterocycles. The first kappa shape index (κ1) is 6.61. The van der Waals surface area contributed by atoms with Crippen LogP contribution in [-0.4, -0.2) is 16.8 Å². The number of nitrogens with zero attached hydrogens (tertiary/aromatic N) is 1. The van der Waals surface area contributed by atoms with E-state index in [1.54, 1.807) is 6.07 Å².